The van der Waals surface area contributed by atoms with Crippen LogP contribution in [0.1, 0.15) is 30.4 Å². The molecule has 2 heterocycles. The average Bonchev–Trinajstić information content (AvgIpc) is 2.93. The highest BCUT2D eigenvalue weighted by Crippen LogP contribution is 2.36. The third kappa shape index (κ3) is 2.21. The molecule has 21 heavy (non-hydrogen) atoms. The van der Waals surface area contributed by atoms with E-state index in [0.29, 0.717) is 17.9 Å². The van der Waals surface area contributed by atoms with E-state index in [2.05, 4.69) is 4.98 Å². The maximum absolute atomic E-state index is 13.0. The Labute approximate surface area is 122 Å². The largest absolute Gasteiger partial charge is 0.457 e. The molecule has 4 heteroatoms. The van der Waals surface area contributed by atoms with Gasteiger partial charge in [0.05, 0.1) is 11.9 Å². The van der Waals surface area contributed by atoms with Gasteiger partial charge < -0.3 is 9.52 Å². The monoisotopic (exact) mass is 285 g/mol. The van der Waals surface area contributed by atoms with Gasteiger partial charge in [-0.3, -0.25) is 4.98 Å². The third-order valence-corrected chi connectivity index (χ3v) is 3.81. The predicted molar refractivity (Wildman–Crippen MR) is 78.4 cm³/mol. The molecule has 108 valence electrons. The Bertz CT molecular complexity index is 779. The highest BCUT2D eigenvalue weighted by molar-refractivity contribution is 5.81. The van der Waals surface area contributed by atoms with Crippen LogP contribution in [0, 0.1) is 12.7 Å². The van der Waals surface area contributed by atoms with E-state index in [1.165, 1.54) is 12.1 Å². The highest BCUT2D eigenvalue weighted by Gasteiger charge is 2.35. The second-order valence-corrected chi connectivity index (χ2v) is 5.18. The van der Waals surface area contributed by atoms with Crippen LogP contribution in [0.3, 0.4) is 0 Å². The maximum Gasteiger partial charge on any atom is 0.163 e. The van der Waals surface area contributed by atoms with Crippen molar-refractivity contribution in [1.29, 1.82) is 0 Å². The molecule has 0 radical (unpaired) electrons. The van der Waals surface area contributed by atoms with Gasteiger partial charge in [0.2, 0.25) is 0 Å². The molecule has 1 aromatic carbocycles. The summed E-state index contributed by atoms with van der Waals surface area (Å²) in [6, 6.07) is 10.4. The number of furan rings is 1. The topological polar surface area (TPSA) is 46.3 Å². The number of aryl methyl sites for hydroxylation is 1. The second-order valence-electron chi connectivity index (χ2n) is 5.18. The first-order valence-corrected chi connectivity index (χ1v) is 6.88. The van der Waals surface area contributed by atoms with Crippen LogP contribution in [-0.4, -0.2) is 10.1 Å². The summed E-state index contributed by atoms with van der Waals surface area (Å²) in [5.74, 6) is -0.00828. The zero-order valence-corrected chi connectivity index (χ0v) is 11.9. The molecule has 0 aliphatic heterocycles. The fraction of sp³-hybridized carbons (Fsp3) is 0.235. The quantitative estimate of drug-likeness (QED) is 0.793. The number of aliphatic hydroxyl groups is 1. The van der Waals surface area contributed by atoms with Gasteiger partial charge in [0.25, 0.3) is 0 Å². The Hall–Kier alpha value is -2.20. The number of para-hydroxylation sites is 1. The molecule has 0 saturated carbocycles. The molecule has 0 bridgehead atoms. The van der Waals surface area contributed by atoms with Gasteiger partial charge in [-0.2, -0.15) is 0 Å². The van der Waals surface area contributed by atoms with Crippen LogP contribution in [0.4, 0.5) is 4.39 Å². The molecule has 3 nitrogen and oxygen atoms in total. The first kappa shape index (κ1) is 13.8. The summed E-state index contributed by atoms with van der Waals surface area (Å²) in [5.41, 5.74) is 0.771. The molecular weight excluding hydrogens is 269 g/mol. The summed E-state index contributed by atoms with van der Waals surface area (Å²) in [5, 5.41) is 11.9. The minimum Gasteiger partial charge on any atom is -0.457 e. The summed E-state index contributed by atoms with van der Waals surface area (Å²) in [7, 11) is 0. The van der Waals surface area contributed by atoms with Crippen LogP contribution in [-0.2, 0) is 5.60 Å². The average molecular weight is 285 g/mol. The Balaban J connectivity index is 2.16. The van der Waals surface area contributed by atoms with E-state index < -0.39 is 11.4 Å². The van der Waals surface area contributed by atoms with Gasteiger partial charge in [0, 0.05) is 5.39 Å². The SMILES string of the molecule is CCC(O)(c1ccc(F)cn1)c1cc2cccc(C)c2o1. The number of rotatable bonds is 3. The second kappa shape index (κ2) is 4.97. The minimum atomic E-state index is -1.36. The molecule has 0 fully saturated rings. The van der Waals surface area contributed by atoms with Gasteiger partial charge in [0.15, 0.2) is 5.60 Å². The zero-order chi connectivity index (χ0) is 15.0. The number of halogens is 1. The summed E-state index contributed by atoms with van der Waals surface area (Å²) in [6.07, 6.45) is 1.48. The molecule has 0 saturated heterocycles. The summed E-state index contributed by atoms with van der Waals surface area (Å²) >= 11 is 0. The van der Waals surface area contributed by atoms with Crippen LogP contribution in [0.5, 0.6) is 0 Å². The Kier molecular flexibility index (Phi) is 3.26. The van der Waals surface area contributed by atoms with Crippen molar-refractivity contribution >= 4 is 11.0 Å². The third-order valence-electron chi connectivity index (χ3n) is 3.81. The molecule has 1 unspecified atom stereocenters. The van der Waals surface area contributed by atoms with Crippen molar-refractivity contribution in [2.24, 2.45) is 0 Å². The molecule has 1 atom stereocenters. The number of pyridine rings is 1. The van der Waals surface area contributed by atoms with Crippen molar-refractivity contribution < 1.29 is 13.9 Å². The lowest BCUT2D eigenvalue weighted by Gasteiger charge is -2.23. The van der Waals surface area contributed by atoms with Crippen LogP contribution in [0.2, 0.25) is 0 Å². The fourth-order valence-electron chi connectivity index (χ4n) is 2.51. The van der Waals surface area contributed by atoms with E-state index in [9.17, 15) is 9.50 Å². The smallest absolute Gasteiger partial charge is 0.163 e. The molecular formula is C17H16FNO2. The van der Waals surface area contributed by atoms with Gasteiger partial charge in [-0.05, 0) is 37.1 Å². The van der Waals surface area contributed by atoms with E-state index in [0.717, 1.165) is 22.7 Å². The van der Waals surface area contributed by atoms with E-state index in [4.69, 9.17) is 4.42 Å². The van der Waals surface area contributed by atoms with E-state index in [1.54, 1.807) is 0 Å². The van der Waals surface area contributed by atoms with Crippen molar-refractivity contribution in [2.45, 2.75) is 25.9 Å². The predicted octanol–water partition coefficient (Wildman–Crippen LogP) is 3.92. The number of hydrogen-bond acceptors (Lipinski definition) is 3. The number of fused-ring (bicyclic) bond motifs is 1. The van der Waals surface area contributed by atoms with Crippen molar-refractivity contribution in [3.05, 3.63) is 65.4 Å². The van der Waals surface area contributed by atoms with Gasteiger partial charge in [-0.1, -0.05) is 25.1 Å². The van der Waals surface area contributed by atoms with Crippen molar-refractivity contribution in [2.75, 3.05) is 0 Å². The van der Waals surface area contributed by atoms with E-state index >= 15 is 0 Å². The Morgan fingerprint density at radius 3 is 2.71 bits per heavy atom. The summed E-state index contributed by atoms with van der Waals surface area (Å²) < 4.78 is 18.9. The van der Waals surface area contributed by atoms with Crippen LogP contribution in [0.15, 0.2) is 47.0 Å². The first-order valence-electron chi connectivity index (χ1n) is 6.88. The number of nitrogens with zero attached hydrogens (tertiary/aromatic N) is 1. The summed E-state index contributed by atoms with van der Waals surface area (Å²) in [6.45, 7) is 3.79. The van der Waals surface area contributed by atoms with Crippen molar-refractivity contribution in [1.82, 2.24) is 4.98 Å². The Morgan fingerprint density at radius 1 is 1.29 bits per heavy atom. The zero-order valence-electron chi connectivity index (χ0n) is 11.9. The number of aromatic nitrogens is 1. The lowest BCUT2D eigenvalue weighted by atomic mass is 9.92. The highest BCUT2D eigenvalue weighted by atomic mass is 19.1. The standard InChI is InChI=1S/C17H16FNO2/c1-3-17(20,14-8-7-13(18)10-19-14)15-9-12-6-4-5-11(2)16(12)21-15/h4-10,20H,3H2,1-2H3. The van der Waals surface area contributed by atoms with E-state index in [-0.39, 0.29) is 0 Å². The summed E-state index contributed by atoms with van der Waals surface area (Å²) in [4.78, 5) is 4.01. The minimum absolute atomic E-state index is 0.378. The van der Waals surface area contributed by atoms with Gasteiger partial charge in [-0.25, -0.2) is 4.39 Å². The van der Waals surface area contributed by atoms with Crippen LogP contribution >= 0.6 is 0 Å². The molecule has 0 spiro atoms. The molecule has 3 aromatic rings. The van der Waals surface area contributed by atoms with Gasteiger partial charge in [-0.15, -0.1) is 0 Å². The van der Waals surface area contributed by atoms with Crippen molar-refractivity contribution in [3.8, 4) is 0 Å². The van der Waals surface area contributed by atoms with Crippen LogP contribution < -0.4 is 0 Å². The lowest BCUT2D eigenvalue weighted by Crippen LogP contribution is -2.27. The molecule has 0 aliphatic carbocycles. The molecule has 0 aliphatic rings. The van der Waals surface area contributed by atoms with Crippen molar-refractivity contribution in [3.63, 3.8) is 0 Å². The normalized spacial score (nSPS) is 14.3. The molecule has 3 rings (SSSR count). The lowest BCUT2D eigenvalue weighted by molar-refractivity contribution is 0.0499. The fourth-order valence-corrected chi connectivity index (χ4v) is 2.51. The maximum atomic E-state index is 13.0. The first-order chi connectivity index (χ1) is 10.0. The number of benzene rings is 1. The van der Waals surface area contributed by atoms with Crippen LogP contribution in [0.25, 0.3) is 11.0 Å². The molecule has 1 N–H and O–H groups in total. The van der Waals surface area contributed by atoms with E-state index in [1.807, 2.05) is 38.1 Å². The number of hydrogen-bond donors (Lipinski definition) is 1. The van der Waals surface area contributed by atoms with Gasteiger partial charge in [0.1, 0.15) is 17.2 Å². The molecule has 0 amide bonds. The Morgan fingerprint density at radius 2 is 2.10 bits per heavy atom. The van der Waals surface area contributed by atoms with Gasteiger partial charge >= 0.3 is 0 Å². The molecule has 2 aromatic heterocycles.